The van der Waals surface area contributed by atoms with E-state index in [9.17, 15) is 22.8 Å². The molecule has 1 amide bonds. The second-order valence-electron chi connectivity index (χ2n) is 7.99. The van der Waals surface area contributed by atoms with E-state index < -0.39 is 29.7 Å². The molecule has 1 atom stereocenters. The van der Waals surface area contributed by atoms with Gasteiger partial charge >= 0.3 is 12.1 Å². The van der Waals surface area contributed by atoms with Gasteiger partial charge in [0.2, 0.25) is 0 Å². The highest BCUT2D eigenvalue weighted by Crippen LogP contribution is 2.39. The van der Waals surface area contributed by atoms with Crippen LogP contribution in [0, 0.1) is 0 Å². The summed E-state index contributed by atoms with van der Waals surface area (Å²) in [6.45, 7) is 1.93. The third kappa shape index (κ3) is 7.09. The predicted octanol–water partition coefficient (Wildman–Crippen LogP) is 6.50. The molecule has 0 radical (unpaired) electrons. The van der Waals surface area contributed by atoms with Crippen LogP contribution in [0.2, 0.25) is 0 Å². The summed E-state index contributed by atoms with van der Waals surface area (Å²) in [6.07, 6.45) is -4.14. The van der Waals surface area contributed by atoms with E-state index in [2.05, 4.69) is 5.32 Å². The first-order valence-electron chi connectivity index (χ1n) is 11.2. The van der Waals surface area contributed by atoms with Gasteiger partial charge in [0, 0.05) is 12.1 Å². The highest BCUT2D eigenvalue weighted by Gasteiger charge is 2.34. The number of hydrogen-bond acceptors (Lipinski definition) is 3. The molecular weight excluding hydrogens is 459 g/mol. The number of amides is 1. The Morgan fingerprint density at radius 1 is 1.00 bits per heavy atom. The summed E-state index contributed by atoms with van der Waals surface area (Å²) in [5.41, 5.74) is 0.599. The molecule has 0 fully saturated rings. The zero-order chi connectivity index (χ0) is 25.4. The molecule has 0 heterocycles. The molecule has 184 valence electrons. The van der Waals surface area contributed by atoms with Crippen molar-refractivity contribution >= 4 is 11.9 Å². The van der Waals surface area contributed by atoms with Gasteiger partial charge in [-0.1, -0.05) is 55.8 Å². The minimum Gasteiger partial charge on any atom is -0.486 e. The number of nitrogens with one attached hydrogen (secondary N) is 1. The summed E-state index contributed by atoms with van der Waals surface area (Å²) in [5.74, 6) is -1.03. The number of benzene rings is 3. The van der Waals surface area contributed by atoms with Crippen molar-refractivity contribution in [3.05, 3.63) is 89.5 Å². The standard InChI is InChI=1S/C27H26F3NO4/c1-2-6-24(35-21-12-9-19(10-13-21)26(34)31-16-15-25(32)33)20-11-14-22(18-7-4-3-5-8-18)23(17-20)27(28,29)30/h3-5,7-14,17,24H,2,6,15-16H2,1H3,(H,31,34)(H,32,33). The lowest BCUT2D eigenvalue weighted by molar-refractivity contribution is -0.137. The van der Waals surface area contributed by atoms with Crippen LogP contribution in [-0.4, -0.2) is 23.5 Å². The van der Waals surface area contributed by atoms with Gasteiger partial charge in [-0.2, -0.15) is 13.2 Å². The van der Waals surface area contributed by atoms with Gasteiger partial charge in [-0.05, 0) is 53.4 Å². The summed E-state index contributed by atoms with van der Waals surface area (Å²) >= 11 is 0. The first-order valence-corrected chi connectivity index (χ1v) is 11.2. The normalized spacial score (nSPS) is 12.1. The average Bonchev–Trinajstić information content (AvgIpc) is 2.83. The Morgan fingerprint density at radius 3 is 2.29 bits per heavy atom. The van der Waals surface area contributed by atoms with Crippen molar-refractivity contribution in [2.45, 2.75) is 38.5 Å². The molecule has 0 saturated heterocycles. The van der Waals surface area contributed by atoms with Crippen molar-refractivity contribution in [1.82, 2.24) is 5.32 Å². The van der Waals surface area contributed by atoms with E-state index in [-0.39, 0.29) is 18.5 Å². The van der Waals surface area contributed by atoms with E-state index in [4.69, 9.17) is 9.84 Å². The molecule has 0 saturated carbocycles. The fourth-order valence-corrected chi connectivity index (χ4v) is 3.66. The monoisotopic (exact) mass is 485 g/mol. The van der Waals surface area contributed by atoms with Gasteiger partial charge in [-0.15, -0.1) is 0 Å². The number of rotatable bonds is 10. The lowest BCUT2D eigenvalue weighted by Crippen LogP contribution is -2.25. The number of aliphatic carboxylic acids is 1. The van der Waals surface area contributed by atoms with Crippen molar-refractivity contribution in [2.24, 2.45) is 0 Å². The smallest absolute Gasteiger partial charge is 0.417 e. The van der Waals surface area contributed by atoms with E-state index in [1.807, 2.05) is 6.92 Å². The molecule has 3 aromatic carbocycles. The van der Waals surface area contributed by atoms with Crippen LogP contribution in [0.5, 0.6) is 5.75 Å². The first kappa shape index (κ1) is 25.8. The van der Waals surface area contributed by atoms with Crippen molar-refractivity contribution < 1.29 is 32.6 Å². The maximum Gasteiger partial charge on any atom is 0.417 e. The van der Waals surface area contributed by atoms with Gasteiger partial charge in [0.15, 0.2) is 0 Å². The quantitative estimate of drug-likeness (QED) is 0.344. The van der Waals surface area contributed by atoms with Crippen LogP contribution in [-0.2, 0) is 11.0 Å². The maximum atomic E-state index is 13.9. The van der Waals surface area contributed by atoms with E-state index in [0.29, 0.717) is 35.3 Å². The Labute approximate surface area is 201 Å². The Hall–Kier alpha value is -3.81. The van der Waals surface area contributed by atoms with Gasteiger partial charge in [0.25, 0.3) is 5.91 Å². The Morgan fingerprint density at radius 2 is 1.69 bits per heavy atom. The van der Waals surface area contributed by atoms with Crippen LogP contribution < -0.4 is 10.1 Å². The molecule has 5 nitrogen and oxygen atoms in total. The Balaban J connectivity index is 1.82. The van der Waals surface area contributed by atoms with Gasteiger partial charge in [-0.25, -0.2) is 0 Å². The number of halogens is 3. The SMILES string of the molecule is CCCC(Oc1ccc(C(=O)NCCC(=O)O)cc1)c1ccc(-c2ccccc2)c(C(F)(F)F)c1. The van der Waals surface area contributed by atoms with Gasteiger partial charge in [-0.3, -0.25) is 9.59 Å². The lowest BCUT2D eigenvalue weighted by atomic mass is 9.94. The second-order valence-corrected chi connectivity index (χ2v) is 7.99. The molecule has 8 heteroatoms. The van der Waals surface area contributed by atoms with Crippen LogP contribution in [0.3, 0.4) is 0 Å². The summed E-state index contributed by atoms with van der Waals surface area (Å²) in [6, 6.07) is 18.9. The zero-order valence-corrected chi connectivity index (χ0v) is 19.1. The number of hydrogen-bond donors (Lipinski definition) is 2. The minimum atomic E-state index is -4.53. The Kier molecular flexibility index (Phi) is 8.52. The molecule has 3 rings (SSSR count). The number of alkyl halides is 3. The number of carbonyl (C=O) groups is 2. The molecule has 0 aliphatic rings. The van der Waals surface area contributed by atoms with Crippen LogP contribution in [0.1, 0.15) is 53.8 Å². The van der Waals surface area contributed by atoms with Crippen molar-refractivity contribution in [3.8, 4) is 16.9 Å². The number of carbonyl (C=O) groups excluding carboxylic acids is 1. The van der Waals surface area contributed by atoms with E-state index in [1.165, 1.54) is 18.2 Å². The molecule has 0 bridgehead atoms. The molecule has 0 aliphatic carbocycles. The van der Waals surface area contributed by atoms with Crippen LogP contribution >= 0.6 is 0 Å². The first-order chi connectivity index (χ1) is 16.7. The van der Waals surface area contributed by atoms with E-state index in [0.717, 1.165) is 6.07 Å². The highest BCUT2D eigenvalue weighted by molar-refractivity contribution is 5.94. The summed E-state index contributed by atoms with van der Waals surface area (Å²) in [4.78, 5) is 22.7. The molecule has 3 aromatic rings. The summed E-state index contributed by atoms with van der Waals surface area (Å²) in [7, 11) is 0. The fraction of sp³-hybridized carbons (Fsp3) is 0.259. The van der Waals surface area contributed by atoms with Gasteiger partial charge < -0.3 is 15.2 Å². The van der Waals surface area contributed by atoms with E-state index >= 15 is 0 Å². The summed E-state index contributed by atoms with van der Waals surface area (Å²) < 4.78 is 47.8. The molecule has 0 spiro atoms. The maximum absolute atomic E-state index is 13.9. The van der Waals surface area contributed by atoms with Crippen molar-refractivity contribution in [3.63, 3.8) is 0 Å². The third-order valence-corrected chi connectivity index (χ3v) is 5.38. The molecule has 0 aromatic heterocycles. The highest BCUT2D eigenvalue weighted by atomic mass is 19.4. The largest absolute Gasteiger partial charge is 0.486 e. The number of carboxylic acids is 1. The minimum absolute atomic E-state index is 0.00546. The molecule has 0 aliphatic heterocycles. The second kappa shape index (κ2) is 11.6. The third-order valence-electron chi connectivity index (χ3n) is 5.38. The van der Waals surface area contributed by atoms with Gasteiger partial charge in [0.1, 0.15) is 11.9 Å². The van der Waals surface area contributed by atoms with E-state index in [1.54, 1.807) is 48.5 Å². The number of carboxylic acid groups (broad SMARTS) is 1. The van der Waals surface area contributed by atoms with Gasteiger partial charge in [0.05, 0.1) is 12.0 Å². The fourth-order valence-electron chi connectivity index (χ4n) is 3.66. The zero-order valence-electron chi connectivity index (χ0n) is 19.1. The topological polar surface area (TPSA) is 75.6 Å². The predicted molar refractivity (Wildman–Crippen MR) is 126 cm³/mol. The number of ether oxygens (including phenoxy) is 1. The molecule has 35 heavy (non-hydrogen) atoms. The average molecular weight is 486 g/mol. The molecule has 1 unspecified atom stereocenters. The summed E-state index contributed by atoms with van der Waals surface area (Å²) in [5, 5.41) is 11.2. The van der Waals surface area contributed by atoms with Crippen LogP contribution in [0.4, 0.5) is 13.2 Å². The van der Waals surface area contributed by atoms with Crippen LogP contribution in [0.15, 0.2) is 72.8 Å². The molecule has 2 N–H and O–H groups in total. The lowest BCUT2D eigenvalue weighted by Gasteiger charge is -2.22. The van der Waals surface area contributed by atoms with Crippen molar-refractivity contribution in [2.75, 3.05) is 6.54 Å². The van der Waals surface area contributed by atoms with Crippen molar-refractivity contribution in [1.29, 1.82) is 0 Å². The Bertz CT molecular complexity index is 1150. The molecular formula is C27H26F3NO4. The van der Waals surface area contributed by atoms with Crippen LogP contribution in [0.25, 0.3) is 11.1 Å².